The van der Waals surface area contributed by atoms with Gasteiger partial charge in [-0.1, -0.05) is 215 Å². The van der Waals surface area contributed by atoms with E-state index in [2.05, 4.69) is 41.5 Å². The number of methoxy groups -OCH3 is 5. The molecule has 0 aliphatic rings. The predicted molar refractivity (Wildman–Crippen MR) is 455 cm³/mol. The van der Waals surface area contributed by atoms with E-state index in [0.29, 0.717) is 85.1 Å². The molecule has 0 aliphatic heterocycles. The number of benzene rings is 5. The lowest BCUT2D eigenvalue weighted by molar-refractivity contribution is -0.163. The molecule has 4 unspecified atom stereocenters. The molecule has 0 bridgehead atoms. The van der Waals surface area contributed by atoms with Gasteiger partial charge in [0.15, 0.2) is 0 Å². The lowest BCUT2D eigenvalue weighted by Gasteiger charge is -2.45. The van der Waals surface area contributed by atoms with Gasteiger partial charge in [-0.15, -0.1) is 0 Å². The van der Waals surface area contributed by atoms with Crippen molar-refractivity contribution in [1.29, 1.82) is 0 Å². The molecule has 0 saturated carbocycles. The molecule has 624 valence electrons. The van der Waals surface area contributed by atoms with Crippen molar-refractivity contribution in [2.75, 3.05) is 35.5 Å². The second-order valence-electron chi connectivity index (χ2n) is 43.9. The van der Waals surface area contributed by atoms with Gasteiger partial charge < -0.3 is 47.4 Å². The van der Waals surface area contributed by atoms with E-state index in [4.69, 9.17) is 47.4 Å². The highest BCUT2D eigenvalue weighted by Gasteiger charge is 2.58. The summed E-state index contributed by atoms with van der Waals surface area (Å²) >= 11 is 0. The molecule has 0 heterocycles. The maximum atomic E-state index is 17.5. The molecule has 0 amide bonds. The Hall–Kier alpha value is -7.55. The SMILES string of the molecule is CCC(C)(CC(C)(CC(C)(CC(C)(CC(C)(C)C(=O)Oc1c(C(C)(C)C)cc(OC)cc1C(C)(C)C)C(=O)Oc1c(C(C)(C)C)cc(OC)cc1C(C)(C)C)C(=O)Oc1c(C(C)(C)C)cc(OC)cc1C(C)(C)C)C(=O)Oc1c(C(C)(C)C)cc(OC)cc1C(C)(C)C)C(=O)Oc1c(C(C)(C)C)cc(OC)cc1C(C)(C)C. The van der Waals surface area contributed by atoms with Crippen molar-refractivity contribution in [2.24, 2.45) is 27.1 Å². The van der Waals surface area contributed by atoms with E-state index in [1.807, 2.05) is 234 Å². The number of rotatable bonds is 24. The third-order valence-electron chi connectivity index (χ3n) is 22.0. The number of esters is 5. The summed E-state index contributed by atoms with van der Waals surface area (Å²) in [6.45, 7) is 73.7. The van der Waals surface area contributed by atoms with Crippen LogP contribution in [-0.2, 0) is 78.1 Å². The average molecular weight is 1550 g/mol. The first kappa shape index (κ1) is 95.0. The smallest absolute Gasteiger partial charge is 0.317 e. The maximum absolute atomic E-state index is 17.5. The van der Waals surface area contributed by atoms with Crippen molar-refractivity contribution in [3.63, 3.8) is 0 Å². The van der Waals surface area contributed by atoms with Gasteiger partial charge in [-0.3, -0.25) is 24.0 Å². The third-order valence-corrected chi connectivity index (χ3v) is 22.0. The van der Waals surface area contributed by atoms with Crippen LogP contribution < -0.4 is 47.4 Å². The maximum Gasteiger partial charge on any atom is 0.317 e. The summed E-state index contributed by atoms with van der Waals surface area (Å²) in [5, 5.41) is 0. The Balaban J connectivity index is 2.11. The second-order valence-corrected chi connectivity index (χ2v) is 43.9. The van der Waals surface area contributed by atoms with E-state index in [0.717, 1.165) is 22.3 Å². The van der Waals surface area contributed by atoms with Crippen LogP contribution in [0, 0.1) is 27.1 Å². The molecule has 0 aliphatic carbocycles. The van der Waals surface area contributed by atoms with Gasteiger partial charge in [0.05, 0.1) is 62.6 Å². The van der Waals surface area contributed by atoms with Crippen LogP contribution in [0.5, 0.6) is 57.5 Å². The van der Waals surface area contributed by atoms with E-state index >= 15 is 24.0 Å². The van der Waals surface area contributed by atoms with Crippen LogP contribution >= 0.6 is 0 Å². The minimum atomic E-state index is -2.02. The Morgan fingerprint density at radius 3 is 0.491 bits per heavy atom. The van der Waals surface area contributed by atoms with Gasteiger partial charge in [0.1, 0.15) is 57.5 Å². The van der Waals surface area contributed by atoms with Gasteiger partial charge in [0.2, 0.25) is 0 Å². The van der Waals surface area contributed by atoms with Crippen molar-refractivity contribution < 1.29 is 71.3 Å². The van der Waals surface area contributed by atoms with Crippen LogP contribution in [0.2, 0.25) is 0 Å². The molecule has 15 nitrogen and oxygen atoms in total. The molecule has 0 aromatic heterocycles. The van der Waals surface area contributed by atoms with Gasteiger partial charge in [0.25, 0.3) is 0 Å². The molecule has 5 aromatic carbocycles. The van der Waals surface area contributed by atoms with Crippen LogP contribution in [0.3, 0.4) is 0 Å². The number of hydrogen-bond acceptors (Lipinski definition) is 15. The summed E-state index contributed by atoms with van der Waals surface area (Å²) in [7, 11) is 8.03. The molecule has 5 rings (SSSR count). The van der Waals surface area contributed by atoms with Crippen LogP contribution in [0.4, 0.5) is 0 Å². The van der Waals surface area contributed by atoms with Crippen molar-refractivity contribution in [3.05, 3.63) is 116 Å². The molecule has 112 heavy (non-hydrogen) atoms. The average Bonchev–Trinajstić information content (AvgIpc) is 0.756. The van der Waals surface area contributed by atoms with Gasteiger partial charge in [-0.25, -0.2) is 0 Å². The number of carbonyl (C=O) groups is 5. The van der Waals surface area contributed by atoms with Gasteiger partial charge >= 0.3 is 29.8 Å². The number of hydrogen-bond donors (Lipinski definition) is 0. The topological polar surface area (TPSA) is 178 Å². The summed E-state index contributed by atoms with van der Waals surface area (Å²) in [4.78, 5) is 84.6. The minimum absolute atomic E-state index is 0.136. The van der Waals surface area contributed by atoms with Crippen molar-refractivity contribution in [2.45, 2.75) is 342 Å². The van der Waals surface area contributed by atoms with E-state index in [1.165, 1.54) is 0 Å². The van der Waals surface area contributed by atoms with E-state index in [1.54, 1.807) is 77.1 Å². The number of carbonyl (C=O) groups excluding carboxylic acids is 5. The molecule has 0 fully saturated rings. The normalized spacial score (nSPS) is 15.3. The van der Waals surface area contributed by atoms with Crippen LogP contribution in [-0.4, -0.2) is 65.4 Å². The summed E-state index contributed by atoms with van der Waals surface area (Å²) in [6.07, 6.45) is -1.32. The molecule has 0 N–H and O–H groups in total. The second kappa shape index (κ2) is 32.6. The molecular formula is C97H146O15. The summed E-state index contributed by atoms with van der Waals surface area (Å²) in [6, 6.07) is 18.9. The zero-order chi connectivity index (χ0) is 86.6. The molecule has 15 heteroatoms. The highest BCUT2D eigenvalue weighted by Crippen LogP contribution is 2.57. The fourth-order valence-electron chi connectivity index (χ4n) is 15.4. The van der Waals surface area contributed by atoms with Crippen LogP contribution in [0.15, 0.2) is 60.7 Å². The monoisotopic (exact) mass is 1550 g/mol. The van der Waals surface area contributed by atoms with E-state index in [-0.39, 0.29) is 25.0 Å². The molecule has 5 aromatic rings. The number of ether oxygens (including phenoxy) is 10. The van der Waals surface area contributed by atoms with Gasteiger partial charge in [-0.2, -0.15) is 0 Å². The molecule has 0 radical (unpaired) electrons. The van der Waals surface area contributed by atoms with E-state index < -0.39 is 124 Å². The van der Waals surface area contributed by atoms with Crippen molar-refractivity contribution >= 4 is 29.8 Å². The van der Waals surface area contributed by atoms with E-state index in [9.17, 15) is 0 Å². The summed E-state index contributed by atoms with van der Waals surface area (Å²) in [5.74, 6) is 0.813. The quantitative estimate of drug-likeness (QED) is 0.0421. The van der Waals surface area contributed by atoms with Gasteiger partial charge in [0, 0.05) is 55.6 Å². The summed E-state index contributed by atoms with van der Waals surface area (Å²) in [5.41, 5.74) is -8.34. The predicted octanol–water partition coefficient (Wildman–Crippen LogP) is 24.1. The fourth-order valence-corrected chi connectivity index (χ4v) is 15.4. The highest BCUT2D eigenvalue weighted by atomic mass is 16.6. The first-order valence-electron chi connectivity index (χ1n) is 40.0. The molecule has 4 atom stereocenters. The Labute approximate surface area is 676 Å². The Bertz CT molecular complexity index is 4100. The third kappa shape index (κ3) is 21.9. The van der Waals surface area contributed by atoms with Crippen LogP contribution in [0.25, 0.3) is 0 Å². The minimum Gasteiger partial charge on any atom is -0.497 e. The van der Waals surface area contributed by atoms with Crippen LogP contribution in [0.1, 0.15) is 344 Å². The first-order valence-corrected chi connectivity index (χ1v) is 40.0. The first-order chi connectivity index (χ1) is 50.3. The Morgan fingerprint density at radius 2 is 0.348 bits per heavy atom. The zero-order valence-electron chi connectivity index (χ0n) is 77.4. The molecule has 0 saturated heterocycles. The molecular weight excluding hydrogens is 1410 g/mol. The zero-order valence-corrected chi connectivity index (χ0v) is 77.4. The van der Waals surface area contributed by atoms with Crippen molar-refractivity contribution in [1.82, 2.24) is 0 Å². The lowest BCUT2D eigenvalue weighted by atomic mass is 9.59. The standard InChI is InChI=1S/C97H146O15/c1-43-94(34,79(99)109-74-65(85(8,9)10)46-59(104-39)47-66(74)86(11,12)13)55-96(36,81(101)111-76-69(89(20,21)22)50-61(106-41)51-70(76)90(23,24)25)57-97(37,82(102)112-77-71(91(26,27)28)52-62(107-42)53-72(77)92(29,30)31)56-95(35,80(100)110-75-67(87(14,15)16)48-60(105-40)49-68(75)88(17,18)19)54-93(32,33)78(98)108-73-63(83(2,3)4)44-58(103-38)45-64(73)84(5,6)7/h44-53H,43,54-57H2,1-42H3. The fraction of sp³-hybridized carbons (Fsp3) is 0.639. The summed E-state index contributed by atoms with van der Waals surface area (Å²) < 4.78 is 65.6. The highest BCUT2D eigenvalue weighted by molar-refractivity contribution is 5.89. The lowest BCUT2D eigenvalue weighted by Crippen LogP contribution is -2.50. The Morgan fingerprint density at radius 1 is 0.214 bits per heavy atom. The van der Waals surface area contributed by atoms with Crippen molar-refractivity contribution in [3.8, 4) is 57.5 Å². The molecule has 0 spiro atoms. The van der Waals surface area contributed by atoms with Gasteiger partial charge in [-0.05, 0) is 188 Å². The largest absolute Gasteiger partial charge is 0.497 e. The Kier molecular flexibility index (Phi) is 27.7.